The molecule has 5 nitrogen and oxygen atoms in total. The highest BCUT2D eigenvalue weighted by Gasteiger charge is 2.13. The van der Waals surface area contributed by atoms with E-state index in [9.17, 15) is 0 Å². The molecule has 1 aromatic rings. The number of hydrazone groups is 1. The highest BCUT2D eigenvalue weighted by molar-refractivity contribution is 9.10. The lowest BCUT2D eigenvalue weighted by atomic mass is 9.96. The highest BCUT2D eigenvalue weighted by Crippen LogP contribution is 2.17. The summed E-state index contributed by atoms with van der Waals surface area (Å²) in [4.78, 5) is 0. The van der Waals surface area contributed by atoms with E-state index in [-0.39, 0.29) is 0 Å². The molecule has 0 atom stereocenters. The summed E-state index contributed by atoms with van der Waals surface area (Å²) < 4.78 is 0.874. The van der Waals surface area contributed by atoms with Gasteiger partial charge in [-0.15, -0.1) is 0 Å². The van der Waals surface area contributed by atoms with Crippen LogP contribution in [0.5, 0.6) is 0 Å². The van der Waals surface area contributed by atoms with Crippen LogP contribution >= 0.6 is 28.1 Å². The molecule has 0 unspecified atom stereocenters. The molecule has 0 aliphatic heterocycles. The van der Waals surface area contributed by atoms with E-state index in [0.717, 1.165) is 10.2 Å². The molecule has 0 spiro atoms. The first-order valence-electron chi connectivity index (χ1n) is 6.04. The number of hydrogen-bond donors (Lipinski definition) is 3. The van der Waals surface area contributed by atoms with Crippen molar-refractivity contribution in [2.75, 3.05) is 0 Å². The molecule has 1 aliphatic rings. The third-order valence-corrected chi connectivity index (χ3v) is 3.76. The molecule has 0 aromatic carbocycles. The summed E-state index contributed by atoms with van der Waals surface area (Å²) in [6.07, 6.45) is 9.61. The summed E-state index contributed by atoms with van der Waals surface area (Å²) in [5, 5.41) is 14.6. The summed E-state index contributed by atoms with van der Waals surface area (Å²) in [5.74, 6) is 0. The first kappa shape index (κ1) is 13.5. The van der Waals surface area contributed by atoms with Crippen molar-refractivity contribution in [2.24, 2.45) is 5.10 Å². The minimum absolute atomic E-state index is 0.493. The number of aromatic nitrogens is 2. The zero-order valence-corrected chi connectivity index (χ0v) is 12.4. The zero-order chi connectivity index (χ0) is 12.8. The van der Waals surface area contributed by atoms with Gasteiger partial charge in [-0.2, -0.15) is 10.2 Å². The van der Waals surface area contributed by atoms with Crippen LogP contribution in [0.1, 0.15) is 37.8 Å². The number of rotatable bonds is 3. The number of thiocarbonyl (C=S) groups is 1. The number of nitrogens with zero attached hydrogens (tertiary/aromatic N) is 2. The first-order chi connectivity index (χ1) is 8.75. The van der Waals surface area contributed by atoms with Crippen molar-refractivity contribution in [3.05, 3.63) is 16.4 Å². The third kappa shape index (κ3) is 4.06. The fraction of sp³-hybridized carbons (Fsp3) is 0.545. The Kier molecular flexibility index (Phi) is 5.12. The van der Waals surface area contributed by atoms with E-state index in [0.29, 0.717) is 11.2 Å². The van der Waals surface area contributed by atoms with E-state index in [4.69, 9.17) is 12.2 Å². The Morgan fingerprint density at radius 3 is 2.94 bits per heavy atom. The molecule has 1 saturated carbocycles. The van der Waals surface area contributed by atoms with Crippen LogP contribution in [0.15, 0.2) is 15.8 Å². The second kappa shape index (κ2) is 6.84. The maximum Gasteiger partial charge on any atom is 0.187 e. The van der Waals surface area contributed by atoms with Crippen LogP contribution in [-0.4, -0.2) is 27.6 Å². The van der Waals surface area contributed by atoms with Gasteiger partial charge in [-0.05, 0) is 41.0 Å². The molecule has 0 bridgehead atoms. The minimum Gasteiger partial charge on any atom is -0.359 e. The van der Waals surface area contributed by atoms with Crippen LogP contribution in [0.25, 0.3) is 0 Å². The number of H-pyrrole nitrogens is 1. The van der Waals surface area contributed by atoms with Gasteiger partial charge in [-0.1, -0.05) is 19.3 Å². The first-order valence-corrected chi connectivity index (χ1v) is 7.24. The van der Waals surface area contributed by atoms with Gasteiger partial charge in [0.1, 0.15) is 0 Å². The van der Waals surface area contributed by atoms with Crippen LogP contribution in [-0.2, 0) is 0 Å². The smallest absolute Gasteiger partial charge is 0.187 e. The Balaban J connectivity index is 1.74. The number of hydrogen-bond acceptors (Lipinski definition) is 3. The van der Waals surface area contributed by atoms with Crippen molar-refractivity contribution in [2.45, 2.75) is 38.1 Å². The normalized spacial score (nSPS) is 16.9. The Hall–Kier alpha value is -0.950. The van der Waals surface area contributed by atoms with E-state index in [2.05, 4.69) is 42.0 Å². The lowest BCUT2D eigenvalue weighted by molar-refractivity contribution is 0.412. The van der Waals surface area contributed by atoms with Crippen LogP contribution in [0, 0.1) is 0 Å². The van der Waals surface area contributed by atoms with E-state index in [1.807, 2.05) is 0 Å². The highest BCUT2D eigenvalue weighted by atomic mass is 79.9. The summed E-state index contributed by atoms with van der Waals surface area (Å²) in [5.41, 5.74) is 3.62. The van der Waals surface area contributed by atoms with Crippen molar-refractivity contribution in [3.63, 3.8) is 0 Å². The van der Waals surface area contributed by atoms with Crippen LogP contribution in [0.3, 0.4) is 0 Å². The molecule has 1 fully saturated rings. The molecule has 0 amide bonds. The van der Waals surface area contributed by atoms with Crippen LogP contribution < -0.4 is 10.7 Å². The quantitative estimate of drug-likeness (QED) is 0.452. The van der Waals surface area contributed by atoms with Crippen molar-refractivity contribution in [1.82, 2.24) is 20.9 Å². The summed E-state index contributed by atoms with van der Waals surface area (Å²) in [6.45, 7) is 0. The molecule has 3 N–H and O–H groups in total. The number of aromatic amines is 1. The van der Waals surface area contributed by atoms with Gasteiger partial charge in [-0.25, -0.2) is 0 Å². The predicted molar refractivity (Wildman–Crippen MR) is 79.6 cm³/mol. The van der Waals surface area contributed by atoms with E-state index < -0.39 is 0 Å². The third-order valence-electron chi connectivity index (χ3n) is 2.92. The van der Waals surface area contributed by atoms with Crippen molar-refractivity contribution < 1.29 is 0 Å². The molecular weight excluding hydrogens is 314 g/mol. The second-order valence-electron chi connectivity index (χ2n) is 4.31. The van der Waals surface area contributed by atoms with Crippen LogP contribution in [0.4, 0.5) is 0 Å². The molecular formula is C11H16BrN5S. The lowest BCUT2D eigenvalue weighted by Crippen LogP contribution is -2.40. The second-order valence-corrected chi connectivity index (χ2v) is 5.57. The lowest BCUT2D eigenvalue weighted by Gasteiger charge is -2.23. The van der Waals surface area contributed by atoms with Crippen molar-refractivity contribution in [1.29, 1.82) is 0 Å². The molecule has 1 aromatic heterocycles. The van der Waals surface area contributed by atoms with E-state index in [1.165, 1.54) is 32.1 Å². The van der Waals surface area contributed by atoms with Gasteiger partial charge in [0.25, 0.3) is 0 Å². The average molecular weight is 330 g/mol. The van der Waals surface area contributed by atoms with Gasteiger partial charge in [0.2, 0.25) is 0 Å². The van der Waals surface area contributed by atoms with Gasteiger partial charge < -0.3 is 5.32 Å². The largest absolute Gasteiger partial charge is 0.359 e. The zero-order valence-electron chi connectivity index (χ0n) is 9.95. The molecule has 0 radical (unpaired) electrons. The van der Waals surface area contributed by atoms with Gasteiger partial charge in [-0.3, -0.25) is 10.5 Å². The van der Waals surface area contributed by atoms with Crippen molar-refractivity contribution in [3.8, 4) is 0 Å². The minimum atomic E-state index is 0.493. The standard InChI is InChI=1S/C11H16BrN5S/c12-9-6-13-16-10(9)7-14-17-11(18)15-8-4-2-1-3-5-8/h6-8H,1-5H2,(H,13,16)(H2,15,17,18)/b14-7+. The molecule has 2 rings (SSSR count). The van der Waals surface area contributed by atoms with Gasteiger partial charge in [0, 0.05) is 6.04 Å². The fourth-order valence-corrected chi connectivity index (χ4v) is 2.50. The Morgan fingerprint density at radius 1 is 1.50 bits per heavy atom. The van der Waals surface area contributed by atoms with Gasteiger partial charge in [0.15, 0.2) is 5.11 Å². The predicted octanol–water partition coefficient (Wildman–Crippen LogP) is 2.30. The summed E-state index contributed by atoms with van der Waals surface area (Å²) >= 11 is 8.54. The van der Waals surface area contributed by atoms with Gasteiger partial charge in [0.05, 0.1) is 22.6 Å². The topological polar surface area (TPSA) is 65.1 Å². The molecule has 7 heteroatoms. The molecule has 1 heterocycles. The fourth-order valence-electron chi connectivity index (χ4n) is 1.99. The van der Waals surface area contributed by atoms with Crippen LogP contribution in [0.2, 0.25) is 0 Å². The Bertz CT molecular complexity index is 425. The number of halogens is 1. The SMILES string of the molecule is S=C(N/N=C/c1[nH]ncc1Br)NC1CCCCC1. The van der Waals surface area contributed by atoms with Gasteiger partial charge >= 0.3 is 0 Å². The van der Waals surface area contributed by atoms with Crippen molar-refractivity contribution >= 4 is 39.5 Å². The maximum absolute atomic E-state index is 5.19. The summed E-state index contributed by atoms with van der Waals surface area (Å²) in [6, 6.07) is 0.493. The Morgan fingerprint density at radius 2 is 2.28 bits per heavy atom. The monoisotopic (exact) mass is 329 g/mol. The van der Waals surface area contributed by atoms with E-state index >= 15 is 0 Å². The number of nitrogens with one attached hydrogen (secondary N) is 3. The maximum atomic E-state index is 5.19. The van der Waals surface area contributed by atoms with E-state index in [1.54, 1.807) is 12.4 Å². The molecule has 18 heavy (non-hydrogen) atoms. The Labute approximate surface area is 120 Å². The molecule has 1 aliphatic carbocycles. The molecule has 0 saturated heterocycles. The molecule has 98 valence electrons. The summed E-state index contributed by atoms with van der Waals surface area (Å²) in [7, 11) is 0. The average Bonchev–Trinajstić information content (AvgIpc) is 2.76.